The van der Waals surface area contributed by atoms with Gasteiger partial charge in [-0.1, -0.05) is 44.9 Å². The Labute approximate surface area is 171 Å². The largest absolute Gasteiger partial charge is 0.398 e. The van der Waals surface area contributed by atoms with E-state index in [1.807, 2.05) is 24.3 Å². The molecule has 0 saturated carbocycles. The van der Waals surface area contributed by atoms with Gasteiger partial charge in [-0.25, -0.2) is 0 Å². The number of nitrogens with one attached hydrogen (secondary N) is 2. The number of nitrogens with two attached hydrogens (primary N) is 1. The molecule has 2 amide bonds. The summed E-state index contributed by atoms with van der Waals surface area (Å²) in [4.78, 5) is 25.4. The van der Waals surface area contributed by atoms with Gasteiger partial charge in [0.05, 0.1) is 4.88 Å². The van der Waals surface area contributed by atoms with E-state index < -0.39 is 0 Å². The Morgan fingerprint density at radius 3 is 2.57 bits per heavy atom. The number of amides is 2. The van der Waals surface area contributed by atoms with Crippen molar-refractivity contribution in [1.29, 1.82) is 0 Å². The maximum Gasteiger partial charge on any atom is 0.261 e. The maximum atomic E-state index is 12.4. The molecule has 6 heteroatoms. The van der Waals surface area contributed by atoms with Crippen molar-refractivity contribution in [3.63, 3.8) is 0 Å². The van der Waals surface area contributed by atoms with Crippen LogP contribution in [0, 0.1) is 0 Å². The van der Waals surface area contributed by atoms with Gasteiger partial charge in [-0.2, -0.15) is 0 Å². The normalized spacial score (nSPS) is 10.5. The second-order valence-electron chi connectivity index (χ2n) is 6.70. The first-order chi connectivity index (χ1) is 13.5. The number of aryl methyl sites for hydroxylation is 1. The third-order valence-corrected chi connectivity index (χ3v) is 5.64. The summed E-state index contributed by atoms with van der Waals surface area (Å²) in [7, 11) is 0. The van der Waals surface area contributed by atoms with Crippen LogP contribution in [0.5, 0.6) is 0 Å². The predicted molar refractivity (Wildman–Crippen MR) is 118 cm³/mol. The minimum atomic E-state index is -0.236. The Kier molecular flexibility index (Phi) is 8.75. The lowest BCUT2D eigenvalue weighted by Gasteiger charge is -2.06. The van der Waals surface area contributed by atoms with Crippen LogP contribution >= 0.6 is 11.3 Å². The summed E-state index contributed by atoms with van der Waals surface area (Å²) in [6.07, 6.45) is 7.65. The van der Waals surface area contributed by atoms with Crippen LogP contribution in [0.1, 0.15) is 52.7 Å². The summed E-state index contributed by atoms with van der Waals surface area (Å²) in [5, 5.41) is 5.66. The molecule has 0 saturated heterocycles. The average Bonchev–Trinajstić information content (AvgIpc) is 3.07. The molecule has 28 heavy (non-hydrogen) atoms. The molecule has 1 aromatic carbocycles. The van der Waals surface area contributed by atoms with Crippen molar-refractivity contribution in [2.75, 3.05) is 17.6 Å². The number of rotatable bonds is 11. The van der Waals surface area contributed by atoms with Gasteiger partial charge in [0.15, 0.2) is 0 Å². The topological polar surface area (TPSA) is 84.2 Å². The third kappa shape index (κ3) is 6.85. The van der Waals surface area contributed by atoms with Crippen LogP contribution in [0.3, 0.4) is 0 Å². The quantitative estimate of drug-likeness (QED) is 0.383. The van der Waals surface area contributed by atoms with E-state index in [4.69, 9.17) is 5.73 Å². The van der Waals surface area contributed by atoms with E-state index >= 15 is 0 Å². The molecule has 2 rings (SSSR count). The minimum absolute atomic E-state index is 0.0774. The van der Waals surface area contributed by atoms with Crippen molar-refractivity contribution in [1.82, 2.24) is 5.32 Å². The molecule has 0 aliphatic heterocycles. The molecule has 0 spiro atoms. The standard InChI is InChI=1S/C22H29N3O2S/c1-3-5-6-7-8-19-18(23)15-20(28-19)22(27)24-14-13-16-9-11-17(12-10-16)25-21(26)4-2/h4,9-12,15H,2-3,5-8,13-14,23H2,1H3,(H,24,27)(H,25,26). The van der Waals surface area contributed by atoms with Crippen molar-refractivity contribution < 1.29 is 9.59 Å². The zero-order chi connectivity index (χ0) is 20.4. The van der Waals surface area contributed by atoms with Crippen LogP contribution in [0.25, 0.3) is 0 Å². The van der Waals surface area contributed by atoms with E-state index in [2.05, 4.69) is 24.1 Å². The average molecular weight is 400 g/mol. The van der Waals surface area contributed by atoms with Crippen LogP contribution in [0.4, 0.5) is 11.4 Å². The summed E-state index contributed by atoms with van der Waals surface area (Å²) in [6, 6.07) is 9.32. The lowest BCUT2D eigenvalue weighted by Crippen LogP contribution is -2.24. The monoisotopic (exact) mass is 399 g/mol. The molecule has 150 valence electrons. The number of thiophene rings is 1. The Balaban J connectivity index is 1.79. The highest BCUT2D eigenvalue weighted by Gasteiger charge is 2.12. The molecule has 1 aromatic heterocycles. The molecular formula is C22H29N3O2S. The SMILES string of the molecule is C=CC(=O)Nc1ccc(CCNC(=O)c2cc(N)c(CCCCCC)s2)cc1. The Bertz CT molecular complexity index is 797. The van der Waals surface area contributed by atoms with E-state index in [1.165, 1.54) is 36.7 Å². The lowest BCUT2D eigenvalue weighted by atomic mass is 10.1. The fourth-order valence-electron chi connectivity index (χ4n) is 2.82. The Hall–Kier alpha value is -2.60. The molecular weight excluding hydrogens is 370 g/mol. The van der Waals surface area contributed by atoms with E-state index in [1.54, 1.807) is 6.07 Å². The number of nitrogen functional groups attached to an aromatic ring is 1. The molecule has 0 radical (unpaired) electrons. The van der Waals surface area contributed by atoms with Gasteiger partial charge in [-0.15, -0.1) is 11.3 Å². The number of hydrogen-bond acceptors (Lipinski definition) is 4. The van der Waals surface area contributed by atoms with Crippen molar-refractivity contribution in [3.05, 3.63) is 58.3 Å². The number of unbranched alkanes of at least 4 members (excludes halogenated alkanes) is 3. The van der Waals surface area contributed by atoms with Crippen molar-refractivity contribution in [2.24, 2.45) is 0 Å². The number of carbonyl (C=O) groups excluding carboxylic acids is 2. The van der Waals surface area contributed by atoms with E-state index in [0.717, 1.165) is 34.7 Å². The number of benzene rings is 1. The summed E-state index contributed by atoms with van der Waals surface area (Å²) in [5.41, 5.74) is 8.60. The fourth-order valence-corrected chi connectivity index (χ4v) is 3.86. The van der Waals surface area contributed by atoms with E-state index in [-0.39, 0.29) is 11.8 Å². The van der Waals surface area contributed by atoms with E-state index in [9.17, 15) is 9.59 Å². The van der Waals surface area contributed by atoms with Crippen LogP contribution in [-0.4, -0.2) is 18.4 Å². The van der Waals surface area contributed by atoms with Crippen LogP contribution in [0.15, 0.2) is 43.0 Å². The molecule has 0 unspecified atom stereocenters. The third-order valence-electron chi connectivity index (χ3n) is 4.43. The molecule has 0 atom stereocenters. The van der Waals surface area contributed by atoms with Gasteiger partial charge in [0, 0.05) is 22.8 Å². The van der Waals surface area contributed by atoms with Gasteiger partial charge in [0.25, 0.3) is 5.91 Å². The smallest absolute Gasteiger partial charge is 0.261 e. The minimum Gasteiger partial charge on any atom is -0.398 e. The molecule has 2 aromatic rings. The fraction of sp³-hybridized carbons (Fsp3) is 0.364. The summed E-state index contributed by atoms with van der Waals surface area (Å²) in [6.45, 7) is 6.16. The number of carbonyl (C=O) groups is 2. The van der Waals surface area contributed by atoms with Crippen molar-refractivity contribution in [2.45, 2.75) is 45.4 Å². The van der Waals surface area contributed by atoms with E-state index in [0.29, 0.717) is 17.8 Å². The highest BCUT2D eigenvalue weighted by Crippen LogP contribution is 2.26. The van der Waals surface area contributed by atoms with Gasteiger partial charge in [-0.3, -0.25) is 9.59 Å². The molecule has 4 N–H and O–H groups in total. The Morgan fingerprint density at radius 2 is 1.89 bits per heavy atom. The van der Waals surface area contributed by atoms with Gasteiger partial charge >= 0.3 is 0 Å². The molecule has 0 aliphatic carbocycles. The van der Waals surface area contributed by atoms with Crippen LogP contribution < -0.4 is 16.4 Å². The summed E-state index contributed by atoms with van der Waals surface area (Å²) >= 11 is 1.50. The molecule has 0 fully saturated rings. The summed E-state index contributed by atoms with van der Waals surface area (Å²) < 4.78 is 0. The summed E-state index contributed by atoms with van der Waals surface area (Å²) in [5.74, 6) is -0.314. The van der Waals surface area contributed by atoms with Gasteiger partial charge in [-0.05, 0) is 49.1 Å². The number of anilines is 2. The zero-order valence-corrected chi connectivity index (χ0v) is 17.2. The van der Waals surface area contributed by atoms with Gasteiger partial charge < -0.3 is 16.4 Å². The van der Waals surface area contributed by atoms with Crippen molar-refractivity contribution in [3.8, 4) is 0 Å². The van der Waals surface area contributed by atoms with Crippen LogP contribution in [-0.2, 0) is 17.6 Å². The van der Waals surface area contributed by atoms with Gasteiger partial charge in [0.1, 0.15) is 0 Å². The highest BCUT2D eigenvalue weighted by molar-refractivity contribution is 7.14. The number of hydrogen-bond donors (Lipinski definition) is 3. The molecule has 0 aliphatic rings. The zero-order valence-electron chi connectivity index (χ0n) is 16.4. The second-order valence-corrected chi connectivity index (χ2v) is 7.83. The first kappa shape index (κ1) is 21.7. The highest BCUT2D eigenvalue weighted by atomic mass is 32.1. The molecule has 1 heterocycles. The van der Waals surface area contributed by atoms with Crippen molar-refractivity contribution >= 4 is 34.5 Å². The second kappa shape index (κ2) is 11.3. The first-order valence-electron chi connectivity index (χ1n) is 9.72. The lowest BCUT2D eigenvalue weighted by molar-refractivity contribution is -0.111. The predicted octanol–water partition coefficient (Wildman–Crippen LogP) is 4.55. The molecule has 5 nitrogen and oxygen atoms in total. The molecule has 0 bridgehead atoms. The maximum absolute atomic E-state index is 12.4. The van der Waals surface area contributed by atoms with Gasteiger partial charge in [0.2, 0.25) is 5.91 Å². The Morgan fingerprint density at radius 1 is 1.14 bits per heavy atom. The first-order valence-corrected chi connectivity index (χ1v) is 10.5. The van der Waals surface area contributed by atoms with Crippen LogP contribution in [0.2, 0.25) is 0 Å².